The van der Waals surface area contributed by atoms with Gasteiger partial charge in [-0.15, -0.1) is 11.3 Å². The minimum atomic E-state index is 0.376. The highest BCUT2D eigenvalue weighted by atomic mass is 79.9. The van der Waals surface area contributed by atoms with E-state index in [1.165, 1.54) is 21.5 Å². The maximum Gasteiger partial charge on any atom is 0.0736 e. The van der Waals surface area contributed by atoms with Crippen molar-refractivity contribution in [3.63, 3.8) is 0 Å². The van der Waals surface area contributed by atoms with Crippen LogP contribution in [0.25, 0.3) is 0 Å². The van der Waals surface area contributed by atoms with Gasteiger partial charge in [-0.2, -0.15) is 0 Å². The summed E-state index contributed by atoms with van der Waals surface area (Å²) in [5.41, 5.74) is 0. The van der Waals surface area contributed by atoms with Crippen molar-refractivity contribution in [3.05, 3.63) is 20.8 Å². The summed E-state index contributed by atoms with van der Waals surface area (Å²) in [5.74, 6) is 0. The molecule has 1 aromatic heterocycles. The highest BCUT2D eigenvalue weighted by molar-refractivity contribution is 9.11. The van der Waals surface area contributed by atoms with Gasteiger partial charge < -0.3 is 10.1 Å². The molecule has 3 unspecified atom stereocenters. The standard InChI is InChI=1S/C12H18BrNOS/c1-8-3-5-11(15-8)10(14-2)7-9-4-6-12(13)16-9/h4,6,8,10-11,14H,3,5,7H2,1-2H3. The molecule has 2 nitrogen and oxygen atoms in total. The normalized spacial score (nSPS) is 27.2. The monoisotopic (exact) mass is 303 g/mol. The van der Waals surface area contributed by atoms with Crippen molar-refractivity contribution in [1.82, 2.24) is 5.32 Å². The third-order valence-corrected chi connectivity index (χ3v) is 4.78. The highest BCUT2D eigenvalue weighted by Crippen LogP contribution is 2.27. The Balaban J connectivity index is 1.95. The number of ether oxygens (including phenoxy) is 1. The van der Waals surface area contributed by atoms with Crippen molar-refractivity contribution in [2.75, 3.05) is 7.05 Å². The molecule has 0 radical (unpaired) electrons. The zero-order valence-electron chi connectivity index (χ0n) is 9.70. The molecule has 4 heteroatoms. The number of halogens is 1. The average molecular weight is 304 g/mol. The van der Waals surface area contributed by atoms with E-state index in [1.807, 2.05) is 18.4 Å². The van der Waals surface area contributed by atoms with Crippen LogP contribution < -0.4 is 5.32 Å². The van der Waals surface area contributed by atoms with Gasteiger partial charge in [-0.25, -0.2) is 0 Å². The highest BCUT2D eigenvalue weighted by Gasteiger charge is 2.28. The van der Waals surface area contributed by atoms with Gasteiger partial charge in [-0.3, -0.25) is 0 Å². The van der Waals surface area contributed by atoms with E-state index >= 15 is 0 Å². The second kappa shape index (κ2) is 5.63. The van der Waals surface area contributed by atoms with Gasteiger partial charge in [0.25, 0.3) is 0 Å². The second-order valence-electron chi connectivity index (χ2n) is 4.37. The largest absolute Gasteiger partial charge is 0.374 e. The average Bonchev–Trinajstić information content (AvgIpc) is 2.84. The molecule has 1 aliphatic rings. The molecule has 0 amide bonds. The molecule has 1 saturated heterocycles. The molecule has 1 N–H and O–H groups in total. The van der Waals surface area contributed by atoms with Gasteiger partial charge in [0, 0.05) is 10.9 Å². The van der Waals surface area contributed by atoms with Crippen LogP contribution in [0.15, 0.2) is 15.9 Å². The smallest absolute Gasteiger partial charge is 0.0736 e. The van der Waals surface area contributed by atoms with E-state index in [2.05, 4.69) is 40.3 Å². The van der Waals surface area contributed by atoms with Crippen molar-refractivity contribution in [2.24, 2.45) is 0 Å². The molecule has 0 saturated carbocycles. The first kappa shape index (κ1) is 12.6. The Hall–Kier alpha value is 0.1000. The van der Waals surface area contributed by atoms with Gasteiger partial charge in [0.05, 0.1) is 16.0 Å². The molecule has 1 fully saturated rings. The first-order chi connectivity index (χ1) is 7.69. The molecular formula is C12H18BrNOS. The SMILES string of the molecule is CNC(Cc1ccc(Br)s1)C1CCC(C)O1. The Labute approximate surface area is 110 Å². The van der Waals surface area contributed by atoms with Crippen LogP contribution in [0.2, 0.25) is 0 Å². The summed E-state index contributed by atoms with van der Waals surface area (Å²) in [6.07, 6.45) is 4.23. The summed E-state index contributed by atoms with van der Waals surface area (Å²) in [7, 11) is 2.03. The van der Waals surface area contributed by atoms with Gasteiger partial charge >= 0.3 is 0 Å². The van der Waals surface area contributed by atoms with Gasteiger partial charge in [0.2, 0.25) is 0 Å². The number of hydrogen-bond acceptors (Lipinski definition) is 3. The van der Waals surface area contributed by atoms with Crippen LogP contribution in [0.1, 0.15) is 24.6 Å². The number of thiophene rings is 1. The number of likely N-dealkylation sites (N-methyl/N-ethyl adjacent to an activating group) is 1. The summed E-state index contributed by atoms with van der Waals surface area (Å²) in [6, 6.07) is 4.75. The van der Waals surface area contributed by atoms with E-state index in [9.17, 15) is 0 Å². The third kappa shape index (κ3) is 3.06. The number of rotatable bonds is 4. The Morgan fingerprint density at radius 1 is 1.56 bits per heavy atom. The third-order valence-electron chi connectivity index (χ3n) is 3.13. The fraction of sp³-hybridized carbons (Fsp3) is 0.667. The minimum Gasteiger partial charge on any atom is -0.374 e. The number of hydrogen-bond donors (Lipinski definition) is 1. The minimum absolute atomic E-state index is 0.376. The van der Waals surface area contributed by atoms with Crippen LogP contribution in [0.4, 0.5) is 0 Å². The maximum atomic E-state index is 5.92. The van der Waals surface area contributed by atoms with Crippen LogP contribution in [-0.4, -0.2) is 25.3 Å². The van der Waals surface area contributed by atoms with Crippen LogP contribution >= 0.6 is 27.3 Å². The van der Waals surface area contributed by atoms with E-state index in [1.54, 1.807) is 0 Å². The second-order valence-corrected chi connectivity index (χ2v) is 6.92. The Kier molecular flexibility index (Phi) is 4.41. The summed E-state index contributed by atoms with van der Waals surface area (Å²) >= 11 is 5.32. The first-order valence-electron chi connectivity index (χ1n) is 5.76. The summed E-state index contributed by atoms with van der Waals surface area (Å²) in [4.78, 5) is 1.41. The van der Waals surface area contributed by atoms with E-state index in [4.69, 9.17) is 4.74 Å². The van der Waals surface area contributed by atoms with Gasteiger partial charge in [0.15, 0.2) is 0 Å². The van der Waals surface area contributed by atoms with E-state index in [-0.39, 0.29) is 0 Å². The zero-order valence-corrected chi connectivity index (χ0v) is 12.1. The zero-order chi connectivity index (χ0) is 11.5. The predicted octanol–water partition coefficient (Wildman–Crippen LogP) is 3.21. The molecule has 0 aliphatic carbocycles. The molecular weight excluding hydrogens is 286 g/mol. The fourth-order valence-corrected chi connectivity index (χ4v) is 3.77. The van der Waals surface area contributed by atoms with Gasteiger partial charge in [0.1, 0.15) is 0 Å². The molecule has 1 aliphatic heterocycles. The summed E-state index contributed by atoms with van der Waals surface area (Å²) < 4.78 is 7.13. The molecule has 2 heterocycles. The quantitative estimate of drug-likeness (QED) is 0.922. The van der Waals surface area contributed by atoms with Crippen LogP contribution in [0.3, 0.4) is 0 Å². The van der Waals surface area contributed by atoms with Crippen LogP contribution in [-0.2, 0) is 11.2 Å². The molecule has 0 spiro atoms. The Morgan fingerprint density at radius 3 is 2.88 bits per heavy atom. The predicted molar refractivity (Wildman–Crippen MR) is 72.1 cm³/mol. The molecule has 2 rings (SSSR count). The molecule has 0 bridgehead atoms. The maximum absolute atomic E-state index is 5.92. The van der Waals surface area contributed by atoms with Crippen LogP contribution in [0, 0.1) is 0 Å². The topological polar surface area (TPSA) is 21.3 Å². The number of nitrogens with one attached hydrogen (secondary N) is 1. The molecule has 3 atom stereocenters. The molecule has 0 aromatic carbocycles. The molecule has 16 heavy (non-hydrogen) atoms. The van der Waals surface area contributed by atoms with Crippen molar-refractivity contribution < 1.29 is 4.74 Å². The van der Waals surface area contributed by atoms with E-state index < -0.39 is 0 Å². The van der Waals surface area contributed by atoms with E-state index in [0.717, 1.165) is 6.42 Å². The lowest BCUT2D eigenvalue weighted by Crippen LogP contribution is -2.39. The summed E-state index contributed by atoms with van der Waals surface area (Å²) in [5, 5.41) is 3.39. The van der Waals surface area contributed by atoms with Gasteiger partial charge in [-0.1, -0.05) is 0 Å². The van der Waals surface area contributed by atoms with Crippen molar-refractivity contribution in [2.45, 2.75) is 44.4 Å². The molecule has 1 aromatic rings. The van der Waals surface area contributed by atoms with Gasteiger partial charge in [-0.05, 0) is 61.3 Å². The summed E-state index contributed by atoms with van der Waals surface area (Å²) in [6.45, 7) is 2.16. The first-order valence-corrected chi connectivity index (χ1v) is 7.37. The fourth-order valence-electron chi connectivity index (χ4n) is 2.23. The Morgan fingerprint density at radius 2 is 2.38 bits per heavy atom. The van der Waals surface area contributed by atoms with Crippen molar-refractivity contribution in [1.29, 1.82) is 0 Å². The Bertz CT molecular complexity index is 342. The van der Waals surface area contributed by atoms with Crippen LogP contribution in [0.5, 0.6) is 0 Å². The lowest BCUT2D eigenvalue weighted by Gasteiger charge is -2.22. The van der Waals surface area contributed by atoms with E-state index in [0.29, 0.717) is 18.2 Å². The van der Waals surface area contributed by atoms with Crippen molar-refractivity contribution in [3.8, 4) is 0 Å². The molecule has 90 valence electrons. The lowest BCUT2D eigenvalue weighted by molar-refractivity contribution is 0.0339. The van der Waals surface area contributed by atoms with Crippen molar-refractivity contribution >= 4 is 27.3 Å². The lowest BCUT2D eigenvalue weighted by atomic mass is 10.0.